The van der Waals surface area contributed by atoms with Gasteiger partial charge in [0.2, 0.25) is 5.95 Å². The van der Waals surface area contributed by atoms with Crippen molar-refractivity contribution in [3.63, 3.8) is 0 Å². The number of hydrogen-bond acceptors (Lipinski definition) is 5. The van der Waals surface area contributed by atoms with Crippen LogP contribution in [0.3, 0.4) is 0 Å². The zero-order valence-electron chi connectivity index (χ0n) is 13.8. The molecular formula is C17H24N4O. The number of ether oxygens (including phenoxy) is 1. The number of benzene rings is 1. The highest BCUT2D eigenvalue weighted by Gasteiger charge is 2.09. The van der Waals surface area contributed by atoms with E-state index in [4.69, 9.17) is 4.74 Å². The van der Waals surface area contributed by atoms with Crippen molar-refractivity contribution in [3.05, 3.63) is 36.0 Å². The van der Waals surface area contributed by atoms with Crippen molar-refractivity contribution in [1.29, 1.82) is 0 Å². The molecule has 0 spiro atoms. The standard InChI is InChI=1S/C17H24N4O/c1-5-6-11-21(3)17-18-13(2)12-16(20-17)19-14-9-7-8-10-15(14)22-4/h7-10,12H,5-6,11H2,1-4H3,(H,18,19,20). The van der Waals surface area contributed by atoms with Gasteiger partial charge >= 0.3 is 0 Å². The van der Waals surface area contributed by atoms with Gasteiger partial charge in [0, 0.05) is 25.4 Å². The zero-order valence-corrected chi connectivity index (χ0v) is 13.8. The lowest BCUT2D eigenvalue weighted by Crippen LogP contribution is -2.21. The highest BCUT2D eigenvalue weighted by atomic mass is 16.5. The summed E-state index contributed by atoms with van der Waals surface area (Å²) in [4.78, 5) is 11.2. The summed E-state index contributed by atoms with van der Waals surface area (Å²) >= 11 is 0. The summed E-state index contributed by atoms with van der Waals surface area (Å²) < 4.78 is 5.36. The zero-order chi connectivity index (χ0) is 15.9. The minimum absolute atomic E-state index is 0.742. The molecule has 0 aliphatic rings. The van der Waals surface area contributed by atoms with Gasteiger partial charge in [0.15, 0.2) is 0 Å². The van der Waals surface area contributed by atoms with Gasteiger partial charge in [-0.25, -0.2) is 4.98 Å². The quantitative estimate of drug-likeness (QED) is 0.843. The predicted molar refractivity (Wildman–Crippen MR) is 91.2 cm³/mol. The van der Waals surface area contributed by atoms with Gasteiger partial charge in [-0.1, -0.05) is 25.5 Å². The number of hydrogen-bond donors (Lipinski definition) is 1. The van der Waals surface area contributed by atoms with E-state index in [1.54, 1.807) is 7.11 Å². The molecule has 5 nitrogen and oxygen atoms in total. The monoisotopic (exact) mass is 300 g/mol. The fourth-order valence-electron chi connectivity index (χ4n) is 2.17. The maximum absolute atomic E-state index is 5.36. The van der Waals surface area contributed by atoms with Crippen molar-refractivity contribution >= 4 is 17.5 Å². The molecule has 0 aliphatic heterocycles. The Bertz CT molecular complexity index is 615. The summed E-state index contributed by atoms with van der Waals surface area (Å²) in [6.07, 6.45) is 2.28. The highest BCUT2D eigenvalue weighted by molar-refractivity contribution is 5.64. The van der Waals surface area contributed by atoms with E-state index in [0.717, 1.165) is 48.3 Å². The average Bonchev–Trinajstić information content (AvgIpc) is 2.52. The minimum Gasteiger partial charge on any atom is -0.495 e. The van der Waals surface area contributed by atoms with Crippen LogP contribution < -0.4 is 15.0 Å². The lowest BCUT2D eigenvalue weighted by Gasteiger charge is -2.18. The summed E-state index contributed by atoms with van der Waals surface area (Å²) in [5, 5.41) is 3.31. The molecule has 0 saturated carbocycles. The maximum atomic E-state index is 5.36. The molecule has 0 bridgehead atoms. The fraction of sp³-hybridized carbons (Fsp3) is 0.412. The molecule has 0 saturated heterocycles. The Balaban J connectivity index is 2.22. The number of aryl methyl sites for hydroxylation is 1. The predicted octanol–water partition coefficient (Wildman–Crippen LogP) is 3.77. The van der Waals surface area contributed by atoms with Crippen LogP contribution in [0.25, 0.3) is 0 Å². The van der Waals surface area contributed by atoms with Crippen LogP contribution >= 0.6 is 0 Å². The highest BCUT2D eigenvalue weighted by Crippen LogP contribution is 2.27. The van der Waals surface area contributed by atoms with Crippen LogP contribution in [0, 0.1) is 6.92 Å². The Morgan fingerprint density at radius 1 is 1.23 bits per heavy atom. The molecule has 22 heavy (non-hydrogen) atoms. The Morgan fingerprint density at radius 3 is 2.73 bits per heavy atom. The molecule has 0 atom stereocenters. The molecule has 5 heteroatoms. The molecule has 0 amide bonds. The number of unbranched alkanes of at least 4 members (excludes halogenated alkanes) is 1. The lowest BCUT2D eigenvalue weighted by atomic mass is 10.3. The number of methoxy groups -OCH3 is 1. The summed E-state index contributed by atoms with van der Waals surface area (Å²) in [5.41, 5.74) is 1.83. The van der Waals surface area contributed by atoms with Gasteiger partial charge in [0.05, 0.1) is 12.8 Å². The molecule has 118 valence electrons. The minimum atomic E-state index is 0.742. The van der Waals surface area contributed by atoms with E-state index < -0.39 is 0 Å². The molecule has 1 aromatic heterocycles. The van der Waals surface area contributed by atoms with Gasteiger partial charge in [-0.05, 0) is 25.5 Å². The largest absolute Gasteiger partial charge is 0.495 e. The van der Waals surface area contributed by atoms with Crippen molar-refractivity contribution in [1.82, 2.24) is 9.97 Å². The third-order valence-electron chi connectivity index (χ3n) is 3.40. The lowest BCUT2D eigenvalue weighted by molar-refractivity contribution is 0.417. The summed E-state index contributed by atoms with van der Waals surface area (Å²) in [5.74, 6) is 2.31. The molecule has 2 aromatic rings. The van der Waals surface area contributed by atoms with Crippen molar-refractivity contribution in [2.24, 2.45) is 0 Å². The fourth-order valence-corrected chi connectivity index (χ4v) is 2.17. The van der Waals surface area contributed by atoms with Gasteiger partial charge < -0.3 is 15.0 Å². The normalized spacial score (nSPS) is 10.4. The first kappa shape index (κ1) is 16.1. The smallest absolute Gasteiger partial charge is 0.227 e. The van der Waals surface area contributed by atoms with Crippen LogP contribution in [0.1, 0.15) is 25.5 Å². The molecule has 1 heterocycles. The Hall–Kier alpha value is -2.30. The van der Waals surface area contributed by atoms with Crippen LogP contribution in [0.4, 0.5) is 17.5 Å². The summed E-state index contributed by atoms with van der Waals surface area (Å²) in [6.45, 7) is 5.11. The van der Waals surface area contributed by atoms with Crippen LogP contribution in [0.2, 0.25) is 0 Å². The molecule has 1 N–H and O–H groups in total. The van der Waals surface area contributed by atoms with E-state index in [2.05, 4.69) is 27.1 Å². The van der Waals surface area contributed by atoms with E-state index in [1.807, 2.05) is 44.3 Å². The summed E-state index contributed by atoms with van der Waals surface area (Å²) in [6, 6.07) is 9.73. The van der Waals surface area contributed by atoms with E-state index in [9.17, 15) is 0 Å². The van der Waals surface area contributed by atoms with Gasteiger partial charge in [-0.2, -0.15) is 4.98 Å². The van der Waals surface area contributed by atoms with Crippen molar-refractivity contribution in [2.45, 2.75) is 26.7 Å². The Kier molecular flexibility index (Phi) is 5.58. The van der Waals surface area contributed by atoms with E-state index in [1.165, 1.54) is 0 Å². The number of aromatic nitrogens is 2. The molecule has 0 fully saturated rings. The van der Waals surface area contributed by atoms with Crippen molar-refractivity contribution in [3.8, 4) is 5.75 Å². The van der Waals surface area contributed by atoms with Crippen LogP contribution in [0.5, 0.6) is 5.75 Å². The molecular weight excluding hydrogens is 276 g/mol. The number of para-hydroxylation sites is 2. The molecule has 0 radical (unpaired) electrons. The van der Waals surface area contributed by atoms with Crippen molar-refractivity contribution in [2.75, 3.05) is 30.9 Å². The topological polar surface area (TPSA) is 50.3 Å². The second-order valence-corrected chi connectivity index (χ2v) is 5.29. The maximum Gasteiger partial charge on any atom is 0.227 e. The van der Waals surface area contributed by atoms with Crippen LogP contribution in [-0.4, -0.2) is 30.7 Å². The number of nitrogens with zero attached hydrogens (tertiary/aromatic N) is 3. The van der Waals surface area contributed by atoms with Crippen molar-refractivity contribution < 1.29 is 4.74 Å². The molecule has 0 unspecified atom stereocenters. The first-order valence-electron chi connectivity index (χ1n) is 7.61. The summed E-state index contributed by atoms with van der Waals surface area (Å²) in [7, 11) is 3.69. The van der Waals surface area contributed by atoms with Gasteiger partial charge in [0.25, 0.3) is 0 Å². The molecule has 2 rings (SSSR count). The Labute approximate surface area is 132 Å². The average molecular weight is 300 g/mol. The Morgan fingerprint density at radius 2 is 2.00 bits per heavy atom. The van der Waals surface area contributed by atoms with Gasteiger partial charge in [0.1, 0.15) is 11.6 Å². The van der Waals surface area contributed by atoms with Gasteiger partial charge in [-0.15, -0.1) is 0 Å². The number of anilines is 3. The number of nitrogens with one attached hydrogen (secondary N) is 1. The van der Waals surface area contributed by atoms with Gasteiger partial charge in [-0.3, -0.25) is 0 Å². The molecule has 1 aromatic carbocycles. The van der Waals surface area contributed by atoms with E-state index in [-0.39, 0.29) is 0 Å². The van der Waals surface area contributed by atoms with E-state index >= 15 is 0 Å². The molecule has 0 aliphatic carbocycles. The first-order chi connectivity index (χ1) is 10.6. The van der Waals surface area contributed by atoms with Crippen LogP contribution in [0.15, 0.2) is 30.3 Å². The third kappa shape index (κ3) is 4.10. The van der Waals surface area contributed by atoms with Crippen LogP contribution in [-0.2, 0) is 0 Å². The first-order valence-corrected chi connectivity index (χ1v) is 7.61. The third-order valence-corrected chi connectivity index (χ3v) is 3.40. The number of rotatable bonds is 7. The van der Waals surface area contributed by atoms with E-state index in [0.29, 0.717) is 0 Å². The second-order valence-electron chi connectivity index (χ2n) is 5.29. The second kappa shape index (κ2) is 7.64. The SMILES string of the molecule is CCCCN(C)c1nc(C)cc(Nc2ccccc2OC)n1.